The van der Waals surface area contributed by atoms with Crippen LogP contribution in [0.1, 0.15) is 41.6 Å². The minimum Gasteiger partial charge on any atom is -0.493 e. The Morgan fingerprint density at radius 3 is 1.96 bits per heavy atom. The van der Waals surface area contributed by atoms with Crippen molar-refractivity contribution >= 4 is 33.4 Å². The van der Waals surface area contributed by atoms with Gasteiger partial charge in [0.05, 0.1) is 59.0 Å². The van der Waals surface area contributed by atoms with Gasteiger partial charge in [0.1, 0.15) is 5.01 Å². The van der Waals surface area contributed by atoms with Gasteiger partial charge in [0.2, 0.25) is 5.75 Å². The van der Waals surface area contributed by atoms with E-state index in [4.69, 9.17) is 38.1 Å². The molecular formula is C39H41NO8S. The molecule has 0 spiro atoms. The van der Waals surface area contributed by atoms with E-state index in [0.717, 1.165) is 57.8 Å². The first kappa shape index (κ1) is 35.1. The maximum atomic E-state index is 13.0. The third-order valence-electron chi connectivity index (χ3n) is 7.82. The minimum atomic E-state index is -0.207. The SMILES string of the molecule is COc1cc(-c2nc3ccccc3s2)ccc1OCCCCCCOc1cc(/C=C/C(=O)c2cc(OC)c(OC)c(OC)c2)ccc1OC. The molecule has 0 aliphatic rings. The van der Waals surface area contributed by atoms with Crippen molar-refractivity contribution in [3.63, 3.8) is 0 Å². The number of ketones is 1. The van der Waals surface area contributed by atoms with Gasteiger partial charge < -0.3 is 33.2 Å². The molecule has 1 heterocycles. The summed E-state index contributed by atoms with van der Waals surface area (Å²) < 4.78 is 40.5. The maximum absolute atomic E-state index is 13.0. The van der Waals surface area contributed by atoms with Crippen molar-refractivity contribution < 1.29 is 38.0 Å². The normalized spacial score (nSPS) is 11.0. The molecule has 4 aromatic carbocycles. The number of unbranched alkanes of at least 4 members (excludes halogenated alkanes) is 3. The number of fused-ring (bicyclic) bond motifs is 1. The first-order chi connectivity index (χ1) is 24.0. The van der Waals surface area contributed by atoms with E-state index in [1.165, 1.54) is 27.4 Å². The predicted octanol–water partition coefficient (Wildman–Crippen LogP) is 8.92. The lowest BCUT2D eigenvalue weighted by Crippen LogP contribution is -2.02. The van der Waals surface area contributed by atoms with Crippen LogP contribution in [-0.4, -0.2) is 59.5 Å². The molecule has 1 aromatic heterocycles. The molecule has 0 radical (unpaired) electrons. The molecule has 0 saturated carbocycles. The molecular weight excluding hydrogens is 642 g/mol. The van der Waals surface area contributed by atoms with Gasteiger partial charge in [-0.05, 0) is 91.9 Å². The number of aromatic nitrogens is 1. The van der Waals surface area contributed by atoms with Crippen LogP contribution in [0.2, 0.25) is 0 Å². The number of thiazole rings is 1. The number of allylic oxidation sites excluding steroid dienone is 1. The van der Waals surface area contributed by atoms with Gasteiger partial charge in [-0.15, -0.1) is 11.3 Å². The second kappa shape index (κ2) is 17.3. The molecule has 0 unspecified atom stereocenters. The summed E-state index contributed by atoms with van der Waals surface area (Å²) in [7, 11) is 7.81. The maximum Gasteiger partial charge on any atom is 0.203 e. The van der Waals surface area contributed by atoms with Crippen LogP contribution in [-0.2, 0) is 0 Å². The smallest absolute Gasteiger partial charge is 0.203 e. The van der Waals surface area contributed by atoms with Crippen molar-refractivity contribution in [1.82, 2.24) is 4.98 Å². The van der Waals surface area contributed by atoms with E-state index in [0.29, 0.717) is 53.3 Å². The highest BCUT2D eigenvalue weighted by atomic mass is 32.1. The zero-order chi connectivity index (χ0) is 34.6. The van der Waals surface area contributed by atoms with Crippen LogP contribution in [0.15, 0.2) is 78.9 Å². The van der Waals surface area contributed by atoms with Crippen LogP contribution in [0.4, 0.5) is 0 Å². The zero-order valence-electron chi connectivity index (χ0n) is 28.4. The van der Waals surface area contributed by atoms with Gasteiger partial charge >= 0.3 is 0 Å². The molecule has 49 heavy (non-hydrogen) atoms. The van der Waals surface area contributed by atoms with Gasteiger partial charge in [0.25, 0.3) is 0 Å². The van der Waals surface area contributed by atoms with Crippen LogP contribution in [0.3, 0.4) is 0 Å². The van der Waals surface area contributed by atoms with Gasteiger partial charge in [-0.2, -0.15) is 0 Å². The molecule has 0 atom stereocenters. The van der Waals surface area contributed by atoms with E-state index >= 15 is 0 Å². The van der Waals surface area contributed by atoms with Gasteiger partial charge in [0, 0.05) is 11.1 Å². The van der Waals surface area contributed by atoms with E-state index in [1.807, 2.05) is 54.6 Å². The highest BCUT2D eigenvalue weighted by Crippen LogP contribution is 2.39. The molecule has 0 N–H and O–H groups in total. The summed E-state index contributed by atoms with van der Waals surface area (Å²) in [6, 6.07) is 22.9. The van der Waals surface area contributed by atoms with Crippen molar-refractivity contribution in [2.45, 2.75) is 25.7 Å². The fourth-order valence-corrected chi connectivity index (χ4v) is 6.20. The van der Waals surface area contributed by atoms with Crippen molar-refractivity contribution in [2.75, 3.05) is 48.8 Å². The lowest BCUT2D eigenvalue weighted by Gasteiger charge is -2.13. The van der Waals surface area contributed by atoms with Gasteiger partial charge in [-0.3, -0.25) is 4.79 Å². The molecule has 0 amide bonds. The molecule has 5 aromatic rings. The van der Waals surface area contributed by atoms with E-state index < -0.39 is 0 Å². The third kappa shape index (κ3) is 8.83. The Hall–Kier alpha value is -5.22. The fourth-order valence-electron chi connectivity index (χ4n) is 5.24. The number of ether oxygens (including phenoxy) is 7. The predicted molar refractivity (Wildman–Crippen MR) is 194 cm³/mol. The number of rotatable bonds is 18. The molecule has 9 nitrogen and oxygen atoms in total. The quantitative estimate of drug-likeness (QED) is 0.0510. The first-order valence-corrected chi connectivity index (χ1v) is 16.8. The van der Waals surface area contributed by atoms with E-state index in [1.54, 1.807) is 43.8 Å². The highest BCUT2D eigenvalue weighted by molar-refractivity contribution is 7.21. The molecule has 0 fully saturated rings. The Bertz CT molecular complexity index is 1840. The number of nitrogens with zero attached hydrogens (tertiary/aromatic N) is 1. The van der Waals surface area contributed by atoms with E-state index in [-0.39, 0.29) is 5.78 Å². The molecule has 10 heteroatoms. The molecule has 256 valence electrons. The van der Waals surface area contributed by atoms with E-state index in [9.17, 15) is 4.79 Å². The Kier molecular flexibility index (Phi) is 12.4. The average Bonchev–Trinajstić information content (AvgIpc) is 3.58. The van der Waals surface area contributed by atoms with Crippen LogP contribution in [0, 0.1) is 0 Å². The number of para-hydroxylation sites is 1. The standard InChI is InChI=1S/C39H41NO8S/c1-42-31-18-15-26(14-17-30(41)28-24-35(44-3)38(46-5)36(25-28)45-4)22-34(31)48-21-11-7-6-10-20-47-32-19-16-27(23-33(32)43-2)39-40-29-12-8-9-13-37(29)49-39/h8-9,12-19,22-25H,6-7,10-11,20-21H2,1-5H3/b17-14+. The lowest BCUT2D eigenvalue weighted by atomic mass is 10.1. The van der Waals surface area contributed by atoms with Crippen molar-refractivity contribution in [2.24, 2.45) is 0 Å². The van der Waals surface area contributed by atoms with Gasteiger partial charge in [0.15, 0.2) is 40.3 Å². The summed E-state index contributed by atoms with van der Waals surface area (Å²) in [4.78, 5) is 17.7. The molecule has 0 aliphatic carbocycles. The van der Waals surface area contributed by atoms with Crippen LogP contribution in [0.5, 0.6) is 40.2 Å². The van der Waals surface area contributed by atoms with Gasteiger partial charge in [-0.1, -0.05) is 24.3 Å². The average molecular weight is 684 g/mol. The summed E-state index contributed by atoms with van der Waals surface area (Å²) in [6.07, 6.45) is 7.01. The monoisotopic (exact) mass is 683 g/mol. The number of benzene rings is 4. The molecule has 0 saturated heterocycles. The van der Waals surface area contributed by atoms with Gasteiger partial charge in [-0.25, -0.2) is 4.98 Å². The van der Waals surface area contributed by atoms with Crippen molar-refractivity contribution in [1.29, 1.82) is 0 Å². The fraction of sp³-hybridized carbons (Fsp3) is 0.282. The summed E-state index contributed by atoms with van der Waals surface area (Å²) in [6.45, 7) is 1.13. The number of hydrogen-bond donors (Lipinski definition) is 0. The molecule has 0 aliphatic heterocycles. The number of carbonyl (C=O) groups is 1. The first-order valence-electron chi connectivity index (χ1n) is 16.0. The molecule has 0 bridgehead atoms. The van der Waals surface area contributed by atoms with Crippen LogP contribution in [0.25, 0.3) is 26.9 Å². The third-order valence-corrected chi connectivity index (χ3v) is 8.91. The molecule has 5 rings (SSSR count). The van der Waals surface area contributed by atoms with E-state index in [2.05, 4.69) is 6.07 Å². The van der Waals surface area contributed by atoms with Crippen LogP contribution < -0.4 is 33.2 Å². The highest BCUT2D eigenvalue weighted by Gasteiger charge is 2.16. The Morgan fingerprint density at radius 2 is 1.31 bits per heavy atom. The number of methoxy groups -OCH3 is 5. The lowest BCUT2D eigenvalue weighted by molar-refractivity contribution is 0.104. The number of carbonyl (C=O) groups excluding carboxylic acids is 1. The summed E-state index contributed by atoms with van der Waals surface area (Å²) >= 11 is 1.66. The Labute approximate surface area is 291 Å². The Balaban J connectivity index is 1.07. The topological polar surface area (TPSA) is 94.6 Å². The summed E-state index contributed by atoms with van der Waals surface area (Å²) in [5.41, 5.74) is 3.22. The number of hydrogen-bond acceptors (Lipinski definition) is 10. The summed E-state index contributed by atoms with van der Waals surface area (Å²) in [5, 5.41) is 0.955. The van der Waals surface area contributed by atoms with Crippen molar-refractivity contribution in [3.05, 3.63) is 90.0 Å². The Morgan fingerprint density at radius 1 is 0.653 bits per heavy atom. The van der Waals surface area contributed by atoms with Crippen LogP contribution >= 0.6 is 11.3 Å². The second-order valence-corrected chi connectivity index (χ2v) is 12.0. The zero-order valence-corrected chi connectivity index (χ0v) is 29.3. The van der Waals surface area contributed by atoms with Crippen molar-refractivity contribution in [3.8, 4) is 50.8 Å². The summed E-state index contributed by atoms with van der Waals surface area (Å²) in [5.74, 6) is 3.72. The second-order valence-electron chi connectivity index (χ2n) is 11.0. The minimum absolute atomic E-state index is 0.207. The largest absolute Gasteiger partial charge is 0.493 e.